The Kier molecular flexibility index (Phi) is 10.0. The van der Waals surface area contributed by atoms with Gasteiger partial charge in [0.1, 0.15) is 6.04 Å². The summed E-state index contributed by atoms with van der Waals surface area (Å²) in [6, 6.07) is 12.1. The number of aliphatic hydroxyl groups excluding tert-OH is 1. The molecule has 2 amide bonds. The molecule has 32 heavy (non-hydrogen) atoms. The Balaban J connectivity index is 0.00000512. The molecule has 0 aliphatic heterocycles. The summed E-state index contributed by atoms with van der Waals surface area (Å²) in [6.07, 6.45) is -0.114. The third-order valence-electron chi connectivity index (χ3n) is 4.13. The minimum absolute atomic E-state index is 0. The molecule has 9 nitrogen and oxygen atoms in total. The van der Waals surface area contributed by atoms with Crippen LogP contribution in [0.5, 0.6) is 0 Å². The van der Waals surface area contributed by atoms with E-state index >= 15 is 0 Å². The third-order valence-corrected chi connectivity index (χ3v) is 4.79. The highest BCUT2D eigenvalue weighted by molar-refractivity contribution is 7.88. The van der Waals surface area contributed by atoms with Crippen LogP contribution in [0.25, 0.3) is 0 Å². The van der Waals surface area contributed by atoms with E-state index in [-0.39, 0.29) is 19.5 Å². The number of aliphatic hydroxyl groups is 1. The highest BCUT2D eigenvalue weighted by Gasteiger charge is 2.25. The first-order valence-electron chi connectivity index (χ1n) is 9.17. The van der Waals surface area contributed by atoms with Crippen molar-refractivity contribution in [3.63, 3.8) is 0 Å². The summed E-state index contributed by atoms with van der Waals surface area (Å²) in [5.41, 5.74) is 3.75. The van der Waals surface area contributed by atoms with E-state index in [1.165, 1.54) is 24.5 Å². The van der Waals surface area contributed by atoms with Gasteiger partial charge in [0, 0.05) is 23.2 Å². The molecule has 2 aromatic carbocycles. The molecule has 0 aliphatic rings. The molecule has 0 spiro atoms. The second-order valence-corrected chi connectivity index (χ2v) is 8.62. The van der Waals surface area contributed by atoms with E-state index in [9.17, 15) is 23.1 Å². The maximum Gasteiger partial charge on any atom is 0.268 e. The Morgan fingerprint density at radius 2 is 1.69 bits per heavy atom. The number of sulfonamides is 1. The Bertz CT molecular complexity index is 1100. The minimum Gasteiger partial charge on any atom is -0.391 e. The van der Waals surface area contributed by atoms with Crippen LogP contribution in [0, 0.1) is 11.8 Å². The SMILES string of the molecule is C.C[C@@H](O)[C@H](NC(=O)c1ccc(C#Cc2cccc(CNS(C)(=O)=O)c2)cc1)C(=O)NO. The summed E-state index contributed by atoms with van der Waals surface area (Å²) < 4.78 is 24.8. The van der Waals surface area contributed by atoms with Gasteiger partial charge in [0.05, 0.1) is 12.4 Å². The van der Waals surface area contributed by atoms with Gasteiger partial charge >= 0.3 is 0 Å². The van der Waals surface area contributed by atoms with Crippen LogP contribution in [0.4, 0.5) is 0 Å². The topological polar surface area (TPSA) is 145 Å². The molecule has 0 heterocycles. The molecule has 0 saturated heterocycles. The van der Waals surface area contributed by atoms with Gasteiger partial charge in [0.25, 0.3) is 11.8 Å². The Labute approximate surface area is 187 Å². The van der Waals surface area contributed by atoms with Crippen LogP contribution in [-0.2, 0) is 21.4 Å². The monoisotopic (exact) mass is 461 g/mol. The van der Waals surface area contributed by atoms with Crippen LogP contribution in [0.1, 0.15) is 41.4 Å². The highest BCUT2D eigenvalue weighted by atomic mass is 32.2. The fraction of sp³-hybridized carbons (Fsp3) is 0.273. The lowest BCUT2D eigenvalue weighted by Gasteiger charge is -2.19. The molecule has 10 heteroatoms. The van der Waals surface area contributed by atoms with E-state index in [0.717, 1.165) is 11.8 Å². The molecule has 0 aliphatic carbocycles. The van der Waals surface area contributed by atoms with Crippen molar-refractivity contribution in [3.05, 3.63) is 70.8 Å². The first-order chi connectivity index (χ1) is 14.6. The van der Waals surface area contributed by atoms with Gasteiger partial charge in [-0.3, -0.25) is 14.8 Å². The highest BCUT2D eigenvalue weighted by Crippen LogP contribution is 2.07. The molecular formula is C22H27N3O6S. The number of carbonyl (C=O) groups is 2. The number of hydrogen-bond acceptors (Lipinski definition) is 6. The number of benzene rings is 2. The Hall–Kier alpha value is -3.23. The lowest BCUT2D eigenvalue weighted by Crippen LogP contribution is -2.51. The largest absolute Gasteiger partial charge is 0.391 e. The van der Waals surface area contributed by atoms with Gasteiger partial charge in [0.15, 0.2) is 0 Å². The second-order valence-electron chi connectivity index (χ2n) is 6.79. The van der Waals surface area contributed by atoms with Gasteiger partial charge in [-0.15, -0.1) is 0 Å². The molecule has 5 N–H and O–H groups in total. The molecule has 0 unspecified atom stereocenters. The number of amides is 2. The predicted molar refractivity (Wildman–Crippen MR) is 120 cm³/mol. The first-order valence-corrected chi connectivity index (χ1v) is 11.1. The summed E-state index contributed by atoms with van der Waals surface area (Å²) in [5, 5.41) is 20.6. The van der Waals surface area contributed by atoms with E-state index in [4.69, 9.17) is 5.21 Å². The summed E-state index contributed by atoms with van der Waals surface area (Å²) in [6.45, 7) is 1.48. The molecule has 2 rings (SSSR count). The predicted octanol–water partition coefficient (Wildman–Crippen LogP) is 0.756. The lowest BCUT2D eigenvalue weighted by molar-refractivity contribution is -0.133. The summed E-state index contributed by atoms with van der Waals surface area (Å²) in [5.74, 6) is 4.40. The van der Waals surface area contributed by atoms with Gasteiger partial charge in [-0.2, -0.15) is 0 Å². The molecule has 0 fully saturated rings. The quantitative estimate of drug-likeness (QED) is 0.234. The maximum absolute atomic E-state index is 12.3. The van der Waals surface area contributed by atoms with Crippen LogP contribution in [-0.4, -0.2) is 48.9 Å². The Morgan fingerprint density at radius 3 is 2.25 bits per heavy atom. The number of hydrogen-bond donors (Lipinski definition) is 5. The zero-order chi connectivity index (χ0) is 23.0. The van der Waals surface area contributed by atoms with E-state index < -0.39 is 34.0 Å². The normalized spacial score (nSPS) is 12.4. The molecule has 0 aromatic heterocycles. The third kappa shape index (κ3) is 8.49. The van der Waals surface area contributed by atoms with E-state index in [1.807, 2.05) is 0 Å². The van der Waals surface area contributed by atoms with Crippen LogP contribution in [0.2, 0.25) is 0 Å². The van der Waals surface area contributed by atoms with Crippen molar-refractivity contribution < 1.29 is 28.3 Å². The molecular weight excluding hydrogens is 434 g/mol. The first kappa shape index (κ1) is 26.8. The van der Waals surface area contributed by atoms with Crippen molar-refractivity contribution in [1.29, 1.82) is 0 Å². The standard InChI is InChI=1S/C21H23N3O6S.CH4/c1-14(25)19(21(27)24-28)23-20(26)18-10-8-15(9-11-18)6-7-16-4-3-5-17(12-16)13-22-31(2,29)30;/h3-5,8-12,14,19,22,25,28H,13H2,1-2H3,(H,23,26)(H,24,27);1H4/t14-,19+;/m1./s1. The zero-order valence-corrected chi connectivity index (χ0v) is 17.7. The fourth-order valence-corrected chi connectivity index (χ4v) is 2.95. The number of hydroxylamine groups is 1. The molecule has 2 atom stereocenters. The average molecular weight is 462 g/mol. The van der Waals surface area contributed by atoms with Gasteiger partial charge in [-0.05, 0) is 48.9 Å². The molecule has 0 saturated carbocycles. The minimum atomic E-state index is -3.29. The fourth-order valence-electron chi connectivity index (χ4n) is 2.52. The molecule has 0 radical (unpaired) electrons. The smallest absolute Gasteiger partial charge is 0.268 e. The van der Waals surface area contributed by atoms with Gasteiger partial charge < -0.3 is 10.4 Å². The summed E-state index contributed by atoms with van der Waals surface area (Å²) in [7, 11) is -3.29. The molecule has 2 aromatic rings. The van der Waals surface area contributed by atoms with Crippen molar-refractivity contribution in [1.82, 2.24) is 15.5 Å². The molecule has 172 valence electrons. The number of rotatable bonds is 7. The van der Waals surface area contributed by atoms with Crippen molar-refractivity contribution in [2.45, 2.75) is 33.0 Å². The Morgan fingerprint density at radius 1 is 1.06 bits per heavy atom. The average Bonchev–Trinajstić information content (AvgIpc) is 2.74. The summed E-state index contributed by atoms with van der Waals surface area (Å²) >= 11 is 0. The maximum atomic E-state index is 12.3. The zero-order valence-electron chi connectivity index (χ0n) is 16.9. The second kappa shape index (κ2) is 12.0. The van der Waals surface area contributed by atoms with Crippen LogP contribution in [0.3, 0.4) is 0 Å². The lowest BCUT2D eigenvalue weighted by atomic mass is 10.1. The number of nitrogens with one attached hydrogen (secondary N) is 3. The van der Waals surface area contributed by atoms with E-state index in [0.29, 0.717) is 11.1 Å². The van der Waals surface area contributed by atoms with Gasteiger partial charge in [-0.25, -0.2) is 18.6 Å². The van der Waals surface area contributed by atoms with Gasteiger partial charge in [0.2, 0.25) is 10.0 Å². The van der Waals surface area contributed by atoms with Crippen molar-refractivity contribution in [2.24, 2.45) is 0 Å². The van der Waals surface area contributed by atoms with E-state index in [2.05, 4.69) is 21.9 Å². The van der Waals surface area contributed by atoms with Crippen LogP contribution >= 0.6 is 0 Å². The van der Waals surface area contributed by atoms with Crippen LogP contribution in [0.15, 0.2) is 48.5 Å². The van der Waals surface area contributed by atoms with Gasteiger partial charge in [-0.1, -0.05) is 31.4 Å². The van der Waals surface area contributed by atoms with E-state index in [1.54, 1.807) is 36.4 Å². The van der Waals surface area contributed by atoms with Crippen molar-refractivity contribution in [3.8, 4) is 11.8 Å². The summed E-state index contributed by atoms with van der Waals surface area (Å²) in [4.78, 5) is 23.8. The van der Waals surface area contributed by atoms with Crippen LogP contribution < -0.4 is 15.5 Å². The number of carbonyl (C=O) groups excluding carboxylic acids is 2. The van der Waals surface area contributed by atoms with Crippen molar-refractivity contribution in [2.75, 3.05) is 6.26 Å². The molecule has 0 bridgehead atoms. The van der Waals surface area contributed by atoms with Crippen molar-refractivity contribution >= 4 is 21.8 Å².